The molecule has 2 aromatic carbocycles. The van der Waals surface area contributed by atoms with Gasteiger partial charge in [0.05, 0.1) is 46.2 Å². The third-order valence-corrected chi connectivity index (χ3v) is 4.16. The second-order valence-electron chi connectivity index (χ2n) is 6.11. The lowest BCUT2D eigenvalue weighted by Crippen LogP contribution is -2.13. The molecule has 0 radical (unpaired) electrons. The molecule has 0 amide bonds. The van der Waals surface area contributed by atoms with Crippen LogP contribution in [0.5, 0.6) is 5.75 Å². The standard InChI is InChI=1S/C22H30O5/c1-19(20-5-3-2-4-6-20)21-7-9-22(10-8-21)27-18-17-26-16-15-25-14-13-24-12-11-23/h2-10,19,23H,11-18H2,1H3. The highest BCUT2D eigenvalue weighted by molar-refractivity contribution is 5.35. The van der Waals surface area contributed by atoms with E-state index in [0.717, 1.165) is 5.75 Å². The van der Waals surface area contributed by atoms with Crippen LogP contribution in [0.1, 0.15) is 24.0 Å². The van der Waals surface area contributed by atoms with Crippen molar-refractivity contribution in [3.05, 3.63) is 65.7 Å². The molecule has 0 saturated carbocycles. The van der Waals surface area contributed by atoms with Crippen molar-refractivity contribution in [3.63, 3.8) is 0 Å². The lowest BCUT2D eigenvalue weighted by Gasteiger charge is -2.13. The van der Waals surface area contributed by atoms with Crippen molar-refractivity contribution < 1.29 is 24.1 Å². The molecule has 5 heteroatoms. The van der Waals surface area contributed by atoms with Gasteiger partial charge in [-0.05, 0) is 23.3 Å². The summed E-state index contributed by atoms with van der Waals surface area (Å²) in [6.45, 7) is 5.67. The lowest BCUT2D eigenvalue weighted by atomic mass is 9.93. The maximum atomic E-state index is 8.56. The van der Waals surface area contributed by atoms with Crippen molar-refractivity contribution in [2.75, 3.05) is 52.9 Å². The first kappa shape index (κ1) is 21.4. The van der Waals surface area contributed by atoms with Crippen LogP contribution in [0.15, 0.2) is 54.6 Å². The minimum absolute atomic E-state index is 0.0396. The minimum Gasteiger partial charge on any atom is -0.491 e. The van der Waals surface area contributed by atoms with Crippen molar-refractivity contribution >= 4 is 0 Å². The summed E-state index contributed by atoms with van der Waals surface area (Å²) in [5, 5.41) is 8.56. The van der Waals surface area contributed by atoms with Crippen molar-refractivity contribution in [1.82, 2.24) is 0 Å². The molecule has 0 aliphatic rings. The maximum absolute atomic E-state index is 8.56. The fourth-order valence-corrected chi connectivity index (χ4v) is 2.61. The Morgan fingerprint density at radius 2 is 1.19 bits per heavy atom. The van der Waals surface area contributed by atoms with Gasteiger partial charge in [0.15, 0.2) is 0 Å². The van der Waals surface area contributed by atoms with Gasteiger partial charge in [0, 0.05) is 5.92 Å². The van der Waals surface area contributed by atoms with Gasteiger partial charge < -0.3 is 24.1 Å². The van der Waals surface area contributed by atoms with E-state index in [4.69, 9.17) is 24.1 Å². The Kier molecular flexibility index (Phi) is 10.5. The molecule has 1 atom stereocenters. The van der Waals surface area contributed by atoms with Crippen molar-refractivity contribution in [1.29, 1.82) is 0 Å². The van der Waals surface area contributed by atoms with E-state index >= 15 is 0 Å². The number of hydrogen-bond donors (Lipinski definition) is 1. The topological polar surface area (TPSA) is 57.2 Å². The summed E-state index contributed by atoms with van der Waals surface area (Å²) in [5.74, 6) is 1.21. The van der Waals surface area contributed by atoms with Crippen LogP contribution >= 0.6 is 0 Å². The largest absolute Gasteiger partial charge is 0.491 e. The second-order valence-corrected chi connectivity index (χ2v) is 6.11. The first-order valence-electron chi connectivity index (χ1n) is 9.43. The average Bonchev–Trinajstić information content (AvgIpc) is 2.72. The number of ether oxygens (including phenoxy) is 4. The van der Waals surface area contributed by atoms with Crippen LogP contribution in [0.4, 0.5) is 0 Å². The van der Waals surface area contributed by atoms with E-state index in [9.17, 15) is 0 Å². The zero-order valence-electron chi connectivity index (χ0n) is 16.0. The van der Waals surface area contributed by atoms with Gasteiger partial charge >= 0.3 is 0 Å². The fraction of sp³-hybridized carbons (Fsp3) is 0.455. The van der Waals surface area contributed by atoms with Crippen molar-refractivity contribution in [2.24, 2.45) is 0 Å². The molecule has 0 aliphatic heterocycles. The number of aliphatic hydroxyl groups excluding tert-OH is 1. The normalized spacial score (nSPS) is 12.1. The van der Waals surface area contributed by atoms with E-state index in [1.165, 1.54) is 11.1 Å². The SMILES string of the molecule is CC(c1ccccc1)c1ccc(OCCOCCOCCOCCO)cc1. The van der Waals surface area contributed by atoms with Crippen LogP contribution in [-0.4, -0.2) is 58.0 Å². The smallest absolute Gasteiger partial charge is 0.119 e. The van der Waals surface area contributed by atoms with E-state index in [2.05, 4.69) is 43.3 Å². The Morgan fingerprint density at radius 3 is 1.78 bits per heavy atom. The highest BCUT2D eigenvalue weighted by Gasteiger charge is 2.07. The molecule has 1 N–H and O–H groups in total. The summed E-state index contributed by atoms with van der Waals surface area (Å²) in [5.41, 5.74) is 2.58. The van der Waals surface area contributed by atoms with E-state index in [-0.39, 0.29) is 6.61 Å². The summed E-state index contributed by atoms with van der Waals surface area (Å²) < 4.78 is 21.6. The van der Waals surface area contributed by atoms with Gasteiger partial charge in [-0.15, -0.1) is 0 Å². The Bertz CT molecular complexity index is 600. The van der Waals surface area contributed by atoms with Crippen LogP contribution in [0.25, 0.3) is 0 Å². The van der Waals surface area contributed by atoms with E-state index < -0.39 is 0 Å². The molecule has 0 bridgehead atoms. The predicted molar refractivity (Wildman–Crippen MR) is 105 cm³/mol. The molecule has 5 nitrogen and oxygen atoms in total. The molecule has 2 rings (SSSR count). The Balaban J connectivity index is 1.55. The Morgan fingerprint density at radius 1 is 0.667 bits per heavy atom. The number of rotatable bonds is 14. The molecule has 27 heavy (non-hydrogen) atoms. The first-order chi connectivity index (χ1) is 13.3. The van der Waals surface area contributed by atoms with Crippen LogP contribution < -0.4 is 4.74 Å². The van der Waals surface area contributed by atoms with Crippen molar-refractivity contribution in [2.45, 2.75) is 12.8 Å². The van der Waals surface area contributed by atoms with Crippen LogP contribution in [-0.2, 0) is 14.2 Å². The third-order valence-electron chi connectivity index (χ3n) is 4.16. The fourth-order valence-electron chi connectivity index (χ4n) is 2.61. The molecular weight excluding hydrogens is 344 g/mol. The first-order valence-corrected chi connectivity index (χ1v) is 9.43. The maximum Gasteiger partial charge on any atom is 0.119 e. The number of aliphatic hydroxyl groups is 1. The molecule has 2 aromatic rings. The monoisotopic (exact) mass is 374 g/mol. The quantitative estimate of drug-likeness (QED) is 0.515. The van der Waals surface area contributed by atoms with Crippen LogP contribution in [0, 0.1) is 0 Å². The number of hydrogen-bond acceptors (Lipinski definition) is 5. The van der Waals surface area contributed by atoms with E-state index in [1.54, 1.807) is 0 Å². The van der Waals surface area contributed by atoms with Crippen LogP contribution in [0.2, 0.25) is 0 Å². The van der Waals surface area contributed by atoms with Gasteiger partial charge in [0.25, 0.3) is 0 Å². The predicted octanol–water partition coefficient (Wildman–Crippen LogP) is 3.26. The van der Waals surface area contributed by atoms with E-state index in [1.807, 2.05) is 18.2 Å². The van der Waals surface area contributed by atoms with Gasteiger partial charge in [-0.1, -0.05) is 49.4 Å². The second kappa shape index (κ2) is 13.3. The van der Waals surface area contributed by atoms with Gasteiger partial charge in [0.2, 0.25) is 0 Å². The highest BCUT2D eigenvalue weighted by Crippen LogP contribution is 2.25. The number of benzene rings is 2. The van der Waals surface area contributed by atoms with Crippen LogP contribution in [0.3, 0.4) is 0 Å². The molecule has 148 valence electrons. The van der Waals surface area contributed by atoms with Gasteiger partial charge in [-0.25, -0.2) is 0 Å². The highest BCUT2D eigenvalue weighted by atomic mass is 16.6. The summed E-state index contributed by atoms with van der Waals surface area (Å²) in [6, 6.07) is 18.7. The average molecular weight is 374 g/mol. The molecule has 0 spiro atoms. The lowest BCUT2D eigenvalue weighted by molar-refractivity contribution is 0.00361. The summed E-state index contributed by atoms with van der Waals surface area (Å²) in [4.78, 5) is 0. The molecule has 0 saturated heterocycles. The van der Waals surface area contributed by atoms with E-state index in [0.29, 0.717) is 52.2 Å². The molecule has 1 unspecified atom stereocenters. The summed E-state index contributed by atoms with van der Waals surface area (Å²) in [7, 11) is 0. The Hall–Kier alpha value is -1.92. The summed E-state index contributed by atoms with van der Waals surface area (Å²) in [6.07, 6.45) is 0. The van der Waals surface area contributed by atoms with Crippen molar-refractivity contribution in [3.8, 4) is 5.75 Å². The molecule has 0 heterocycles. The molecule has 0 fully saturated rings. The molecule has 0 aliphatic carbocycles. The zero-order chi connectivity index (χ0) is 19.2. The minimum atomic E-state index is 0.0396. The molecular formula is C22H30O5. The zero-order valence-corrected chi connectivity index (χ0v) is 16.0. The van der Waals surface area contributed by atoms with Gasteiger partial charge in [0.1, 0.15) is 12.4 Å². The summed E-state index contributed by atoms with van der Waals surface area (Å²) >= 11 is 0. The third kappa shape index (κ3) is 8.54. The van der Waals surface area contributed by atoms with Gasteiger partial charge in [-0.3, -0.25) is 0 Å². The Labute approximate surface area is 161 Å². The van der Waals surface area contributed by atoms with Gasteiger partial charge in [-0.2, -0.15) is 0 Å². The molecule has 0 aromatic heterocycles.